The van der Waals surface area contributed by atoms with E-state index >= 15 is 0 Å². The molecule has 2 saturated heterocycles. The zero-order valence-electron chi connectivity index (χ0n) is 19.7. The third-order valence-corrected chi connectivity index (χ3v) is 9.45. The van der Waals surface area contributed by atoms with Crippen molar-refractivity contribution in [3.8, 4) is 11.5 Å². The molecule has 7 atom stereocenters. The Bertz CT molecular complexity index is 948. The van der Waals surface area contributed by atoms with Crippen molar-refractivity contribution in [1.82, 2.24) is 4.90 Å². The number of hydrogen-bond acceptors (Lipinski definition) is 6. The maximum absolute atomic E-state index is 13.1. The van der Waals surface area contributed by atoms with Crippen LogP contribution in [0.2, 0.25) is 0 Å². The normalized spacial score (nSPS) is 42.2. The van der Waals surface area contributed by atoms with Crippen LogP contribution in [0.1, 0.15) is 50.7 Å². The van der Waals surface area contributed by atoms with E-state index in [1.807, 2.05) is 0 Å². The van der Waals surface area contributed by atoms with Crippen molar-refractivity contribution < 1.29 is 23.7 Å². The fourth-order valence-corrected chi connectivity index (χ4v) is 7.82. The molecule has 6 nitrogen and oxygen atoms in total. The van der Waals surface area contributed by atoms with E-state index in [0.29, 0.717) is 5.92 Å². The molecule has 1 spiro atoms. The lowest BCUT2D eigenvalue weighted by Gasteiger charge is -2.49. The molecule has 0 bridgehead atoms. The summed E-state index contributed by atoms with van der Waals surface area (Å²) in [5.41, 5.74) is 2.68. The van der Waals surface area contributed by atoms with E-state index in [1.54, 1.807) is 14.2 Å². The summed E-state index contributed by atoms with van der Waals surface area (Å²) in [7, 11) is 3.35. The fraction of sp³-hybridized carbons (Fsp3) is 0.731. The Labute approximate surface area is 190 Å². The third kappa shape index (κ3) is 2.75. The largest absolute Gasteiger partial charge is 0.493 e. The third-order valence-electron chi connectivity index (χ3n) is 9.45. The first-order valence-electron chi connectivity index (χ1n) is 12.2. The second-order valence-electron chi connectivity index (χ2n) is 11.0. The molecule has 0 N–H and O–H groups in total. The molecule has 0 radical (unpaired) electrons. The summed E-state index contributed by atoms with van der Waals surface area (Å²) < 4.78 is 23.6. The van der Waals surface area contributed by atoms with Crippen LogP contribution in [0.3, 0.4) is 0 Å². The van der Waals surface area contributed by atoms with Gasteiger partial charge in [-0.3, -0.25) is 9.69 Å². The SMILES string of the molecule is COc1cc2c(cc1OC)CN(CC1C(=O)O[C@@H]3C[C@@]4(C)CCC[C@H](C)[C@@]45O[C@H]5[C@H]13)CC2. The van der Waals surface area contributed by atoms with Crippen LogP contribution in [0.4, 0.5) is 0 Å². The smallest absolute Gasteiger partial charge is 0.311 e. The van der Waals surface area contributed by atoms with E-state index in [1.165, 1.54) is 30.4 Å². The Hall–Kier alpha value is -1.79. The summed E-state index contributed by atoms with van der Waals surface area (Å²) in [6, 6.07) is 4.18. The molecule has 4 fully saturated rings. The van der Waals surface area contributed by atoms with Crippen LogP contribution in [-0.2, 0) is 27.2 Å². The summed E-state index contributed by atoms with van der Waals surface area (Å²) in [4.78, 5) is 15.5. The van der Waals surface area contributed by atoms with E-state index in [-0.39, 0.29) is 41.0 Å². The molecule has 1 aromatic rings. The highest BCUT2D eigenvalue weighted by Crippen LogP contribution is 2.70. The lowest BCUT2D eigenvalue weighted by molar-refractivity contribution is -0.146. The van der Waals surface area contributed by atoms with Crippen LogP contribution < -0.4 is 9.47 Å². The Morgan fingerprint density at radius 2 is 1.94 bits per heavy atom. The van der Waals surface area contributed by atoms with Gasteiger partial charge in [-0.15, -0.1) is 0 Å². The van der Waals surface area contributed by atoms with Crippen molar-refractivity contribution in [2.24, 2.45) is 23.2 Å². The van der Waals surface area contributed by atoms with Crippen molar-refractivity contribution in [3.63, 3.8) is 0 Å². The van der Waals surface area contributed by atoms with E-state index in [2.05, 4.69) is 30.9 Å². The zero-order chi connectivity index (χ0) is 22.3. The van der Waals surface area contributed by atoms with E-state index in [4.69, 9.17) is 18.9 Å². The van der Waals surface area contributed by atoms with Crippen LogP contribution >= 0.6 is 0 Å². The average molecular weight is 442 g/mol. The molecule has 2 saturated carbocycles. The number of rotatable bonds is 4. The summed E-state index contributed by atoms with van der Waals surface area (Å²) in [6.07, 6.45) is 5.78. The standard InChI is InChI=1S/C26H35NO5/c1-15-6-5-8-25(2)12-21-22(23-26(15,25)32-23)18(24(28)31-21)14-27-9-7-16-10-19(29-3)20(30-4)11-17(16)13-27/h10-11,15,18,21-23H,5-9,12-14H2,1-4H3/t15-,18?,21+,22+,23-,25+,26-/m0/s1. The molecule has 3 aliphatic heterocycles. The molecule has 6 rings (SSSR count). The minimum absolute atomic E-state index is 0.0151. The van der Waals surface area contributed by atoms with E-state index in [9.17, 15) is 4.79 Å². The highest BCUT2D eigenvalue weighted by Gasteiger charge is 2.78. The molecular weight excluding hydrogens is 406 g/mol. The van der Waals surface area contributed by atoms with Gasteiger partial charge in [0.05, 0.1) is 26.2 Å². The summed E-state index contributed by atoms with van der Waals surface area (Å²) in [5.74, 6) is 2.20. The first-order valence-corrected chi connectivity index (χ1v) is 12.2. The highest BCUT2D eigenvalue weighted by atomic mass is 16.6. The Kier molecular flexibility index (Phi) is 4.61. The quantitative estimate of drug-likeness (QED) is 0.526. The number of epoxide rings is 1. The lowest BCUT2D eigenvalue weighted by Crippen LogP contribution is -2.54. The summed E-state index contributed by atoms with van der Waals surface area (Å²) >= 11 is 0. The minimum Gasteiger partial charge on any atom is -0.493 e. The number of methoxy groups -OCH3 is 2. The molecule has 3 heterocycles. The first-order chi connectivity index (χ1) is 15.4. The molecule has 1 unspecified atom stereocenters. The van der Waals surface area contributed by atoms with E-state index < -0.39 is 0 Å². The van der Waals surface area contributed by atoms with Gasteiger partial charge in [-0.2, -0.15) is 0 Å². The minimum atomic E-state index is -0.0928. The van der Waals surface area contributed by atoms with Gasteiger partial charge in [-0.1, -0.05) is 20.3 Å². The van der Waals surface area contributed by atoms with Crippen molar-refractivity contribution in [1.29, 1.82) is 0 Å². The molecule has 32 heavy (non-hydrogen) atoms. The van der Waals surface area contributed by atoms with Crippen LogP contribution in [-0.4, -0.2) is 56.0 Å². The molecule has 174 valence electrons. The number of hydrogen-bond donors (Lipinski definition) is 0. The average Bonchev–Trinajstić information content (AvgIpc) is 3.47. The van der Waals surface area contributed by atoms with Gasteiger partial charge in [-0.05, 0) is 54.9 Å². The molecule has 2 aliphatic carbocycles. The van der Waals surface area contributed by atoms with E-state index in [0.717, 1.165) is 44.0 Å². The highest BCUT2D eigenvalue weighted by molar-refractivity contribution is 5.76. The number of esters is 1. The summed E-state index contributed by atoms with van der Waals surface area (Å²) in [5, 5.41) is 0. The first kappa shape index (κ1) is 20.8. The van der Waals surface area contributed by atoms with Gasteiger partial charge >= 0.3 is 5.97 Å². The number of carbonyl (C=O) groups excluding carboxylic acids is 1. The van der Waals surface area contributed by atoms with Gasteiger partial charge in [0.15, 0.2) is 11.5 Å². The van der Waals surface area contributed by atoms with Gasteiger partial charge in [-0.25, -0.2) is 0 Å². The molecule has 1 aromatic carbocycles. The Morgan fingerprint density at radius 3 is 2.69 bits per heavy atom. The number of ether oxygens (including phenoxy) is 4. The predicted octanol–water partition coefficient (Wildman–Crippen LogP) is 3.59. The molecular formula is C26H35NO5. The molecule has 6 heteroatoms. The monoisotopic (exact) mass is 441 g/mol. The van der Waals surface area contributed by atoms with Crippen LogP contribution in [0, 0.1) is 23.2 Å². The van der Waals surface area contributed by atoms with Gasteiger partial charge in [0.2, 0.25) is 0 Å². The molecule has 0 aromatic heterocycles. The van der Waals surface area contributed by atoms with Gasteiger partial charge in [0.25, 0.3) is 0 Å². The Balaban J connectivity index is 1.22. The second-order valence-corrected chi connectivity index (χ2v) is 11.0. The van der Waals surface area contributed by atoms with Gasteiger partial charge in [0, 0.05) is 31.0 Å². The van der Waals surface area contributed by atoms with Crippen LogP contribution in [0.15, 0.2) is 12.1 Å². The second kappa shape index (κ2) is 7.10. The Morgan fingerprint density at radius 1 is 1.19 bits per heavy atom. The van der Waals surface area contributed by atoms with Crippen LogP contribution in [0.5, 0.6) is 11.5 Å². The number of fused-ring (bicyclic) bond motifs is 3. The summed E-state index contributed by atoms with van der Waals surface area (Å²) in [6.45, 7) is 7.24. The maximum Gasteiger partial charge on any atom is 0.311 e. The van der Waals surface area contributed by atoms with Crippen molar-refractivity contribution >= 4 is 5.97 Å². The topological polar surface area (TPSA) is 60.5 Å². The van der Waals surface area contributed by atoms with Gasteiger partial charge in [0.1, 0.15) is 11.7 Å². The maximum atomic E-state index is 13.1. The fourth-order valence-electron chi connectivity index (χ4n) is 7.82. The predicted molar refractivity (Wildman–Crippen MR) is 119 cm³/mol. The number of benzene rings is 1. The van der Waals surface area contributed by atoms with Crippen molar-refractivity contribution in [2.75, 3.05) is 27.3 Å². The number of carbonyl (C=O) groups is 1. The lowest BCUT2D eigenvalue weighted by atomic mass is 9.53. The van der Waals surface area contributed by atoms with Gasteiger partial charge < -0.3 is 18.9 Å². The molecule has 0 amide bonds. The van der Waals surface area contributed by atoms with Crippen molar-refractivity contribution in [3.05, 3.63) is 23.3 Å². The zero-order valence-corrected chi connectivity index (χ0v) is 19.7. The van der Waals surface area contributed by atoms with Crippen molar-refractivity contribution in [2.45, 2.75) is 70.3 Å². The molecule has 5 aliphatic rings. The van der Waals surface area contributed by atoms with Crippen LogP contribution in [0.25, 0.3) is 0 Å². The number of nitrogens with zero attached hydrogens (tertiary/aromatic N) is 1.